The zero-order valence-corrected chi connectivity index (χ0v) is 11.5. The third-order valence-corrected chi connectivity index (χ3v) is 3.36. The lowest BCUT2D eigenvalue weighted by Crippen LogP contribution is -2.29. The van der Waals surface area contributed by atoms with Crippen molar-refractivity contribution in [3.8, 4) is 0 Å². The van der Waals surface area contributed by atoms with Crippen LogP contribution in [0.25, 0.3) is 0 Å². The Labute approximate surface area is 108 Å². The number of carboxylic acid groups (broad SMARTS) is 1. The Morgan fingerprint density at radius 3 is 2.65 bits per heavy atom. The van der Waals surface area contributed by atoms with Crippen LogP contribution in [0.5, 0.6) is 0 Å². The van der Waals surface area contributed by atoms with Crippen LogP contribution in [0.2, 0.25) is 0 Å². The second-order valence-corrected chi connectivity index (χ2v) is 5.45. The highest BCUT2D eigenvalue weighted by Gasteiger charge is 2.09. The van der Waals surface area contributed by atoms with Gasteiger partial charge in [-0.25, -0.2) is 0 Å². The largest absolute Gasteiger partial charge is 0.481 e. The summed E-state index contributed by atoms with van der Waals surface area (Å²) in [7, 11) is 0. The van der Waals surface area contributed by atoms with Crippen LogP contribution in [0.4, 0.5) is 0 Å². The minimum Gasteiger partial charge on any atom is -0.481 e. The van der Waals surface area contributed by atoms with Crippen molar-refractivity contribution in [1.82, 2.24) is 5.32 Å². The molecule has 0 fully saturated rings. The molecule has 4 nitrogen and oxygen atoms in total. The first kappa shape index (κ1) is 16.3. The van der Waals surface area contributed by atoms with Gasteiger partial charge in [0.05, 0.1) is 0 Å². The molecule has 100 valence electrons. The van der Waals surface area contributed by atoms with Crippen molar-refractivity contribution in [2.24, 2.45) is 5.92 Å². The van der Waals surface area contributed by atoms with Crippen molar-refractivity contribution in [1.29, 1.82) is 0 Å². The number of hydrogen-bond donors (Lipinski definition) is 2. The number of aliphatic carboxylic acids is 1. The Kier molecular flexibility index (Phi) is 10.0. The molecular weight excluding hydrogens is 238 g/mol. The highest BCUT2D eigenvalue weighted by atomic mass is 32.2. The zero-order valence-electron chi connectivity index (χ0n) is 10.7. The predicted molar refractivity (Wildman–Crippen MR) is 71.3 cm³/mol. The lowest BCUT2D eigenvalue weighted by Gasteiger charge is -2.10. The van der Waals surface area contributed by atoms with E-state index in [1.807, 2.05) is 6.92 Å². The van der Waals surface area contributed by atoms with Crippen molar-refractivity contribution in [2.45, 2.75) is 39.5 Å². The van der Waals surface area contributed by atoms with Crippen molar-refractivity contribution >= 4 is 23.6 Å². The van der Waals surface area contributed by atoms with Crippen LogP contribution in [0.1, 0.15) is 39.5 Å². The van der Waals surface area contributed by atoms with Crippen molar-refractivity contribution in [3.63, 3.8) is 0 Å². The second-order valence-electron chi connectivity index (χ2n) is 4.22. The molecule has 0 saturated carbocycles. The van der Waals surface area contributed by atoms with E-state index >= 15 is 0 Å². The first-order valence-electron chi connectivity index (χ1n) is 6.12. The lowest BCUT2D eigenvalue weighted by atomic mass is 10.1. The number of carbonyl (C=O) groups is 2. The highest BCUT2D eigenvalue weighted by Crippen LogP contribution is 2.06. The maximum absolute atomic E-state index is 11.4. The normalized spacial score (nSPS) is 12.1. The van der Waals surface area contributed by atoms with E-state index < -0.39 is 5.97 Å². The molecule has 0 aliphatic heterocycles. The van der Waals surface area contributed by atoms with E-state index in [4.69, 9.17) is 5.11 Å². The van der Waals surface area contributed by atoms with Gasteiger partial charge >= 0.3 is 5.97 Å². The summed E-state index contributed by atoms with van der Waals surface area (Å²) in [5.41, 5.74) is 0. The van der Waals surface area contributed by atoms with Gasteiger partial charge in [-0.3, -0.25) is 9.59 Å². The first-order valence-corrected chi connectivity index (χ1v) is 7.28. The smallest absolute Gasteiger partial charge is 0.303 e. The molecular formula is C12H23NO3S. The Morgan fingerprint density at radius 2 is 2.06 bits per heavy atom. The fourth-order valence-electron chi connectivity index (χ4n) is 1.26. The zero-order chi connectivity index (χ0) is 13.1. The average molecular weight is 261 g/mol. The van der Waals surface area contributed by atoms with Gasteiger partial charge in [0, 0.05) is 25.1 Å². The third-order valence-electron chi connectivity index (χ3n) is 2.29. The van der Waals surface area contributed by atoms with Crippen LogP contribution in [0.3, 0.4) is 0 Å². The number of rotatable bonds is 10. The van der Waals surface area contributed by atoms with E-state index in [9.17, 15) is 9.59 Å². The molecule has 0 aliphatic carbocycles. The van der Waals surface area contributed by atoms with E-state index in [2.05, 4.69) is 12.2 Å². The van der Waals surface area contributed by atoms with Crippen molar-refractivity contribution in [2.75, 3.05) is 18.1 Å². The maximum atomic E-state index is 11.4. The first-order chi connectivity index (χ1) is 8.06. The van der Waals surface area contributed by atoms with Gasteiger partial charge in [-0.2, -0.15) is 11.8 Å². The molecule has 1 unspecified atom stereocenters. The summed E-state index contributed by atoms with van der Waals surface area (Å²) in [4.78, 5) is 21.8. The SMILES string of the molecule is CCCCSCCC(=O)NCC(C)CC(=O)O. The van der Waals surface area contributed by atoms with Gasteiger partial charge in [-0.15, -0.1) is 0 Å². The minimum absolute atomic E-state index is 0.0100. The third kappa shape index (κ3) is 11.6. The molecule has 0 spiro atoms. The molecule has 17 heavy (non-hydrogen) atoms. The molecule has 0 aromatic heterocycles. The molecule has 5 heteroatoms. The van der Waals surface area contributed by atoms with Crippen LogP contribution in [0, 0.1) is 5.92 Å². The quantitative estimate of drug-likeness (QED) is 0.591. The second kappa shape index (κ2) is 10.4. The maximum Gasteiger partial charge on any atom is 0.303 e. The number of hydrogen-bond acceptors (Lipinski definition) is 3. The van der Waals surface area contributed by atoms with E-state index in [0.717, 1.165) is 11.5 Å². The molecule has 0 rings (SSSR count). The van der Waals surface area contributed by atoms with Gasteiger partial charge in [-0.1, -0.05) is 20.3 Å². The molecule has 0 aliphatic rings. The minimum atomic E-state index is -0.818. The molecule has 0 radical (unpaired) electrons. The van der Waals surface area contributed by atoms with Crippen molar-refractivity contribution < 1.29 is 14.7 Å². The van der Waals surface area contributed by atoms with E-state index in [-0.39, 0.29) is 18.2 Å². The number of carboxylic acids is 1. The molecule has 1 amide bonds. The fourth-order valence-corrected chi connectivity index (χ4v) is 2.29. The summed E-state index contributed by atoms with van der Waals surface area (Å²) < 4.78 is 0. The van der Waals surface area contributed by atoms with E-state index in [1.165, 1.54) is 12.8 Å². The molecule has 0 saturated heterocycles. The van der Waals surface area contributed by atoms with E-state index in [1.54, 1.807) is 11.8 Å². The van der Waals surface area contributed by atoms with Gasteiger partial charge in [-0.05, 0) is 18.1 Å². The van der Waals surface area contributed by atoms with Gasteiger partial charge < -0.3 is 10.4 Å². The average Bonchev–Trinajstić information content (AvgIpc) is 2.25. The summed E-state index contributed by atoms with van der Waals surface area (Å²) in [6.45, 7) is 4.42. The number of amides is 1. The number of nitrogens with one attached hydrogen (secondary N) is 1. The molecule has 0 heterocycles. The topological polar surface area (TPSA) is 66.4 Å². The summed E-state index contributed by atoms with van der Waals surface area (Å²) in [5, 5.41) is 11.3. The van der Waals surface area contributed by atoms with Gasteiger partial charge in [0.1, 0.15) is 0 Å². The Balaban J connectivity index is 3.42. The standard InChI is InChI=1S/C12H23NO3S/c1-3-4-6-17-7-5-11(14)13-9-10(2)8-12(15)16/h10H,3-9H2,1-2H3,(H,13,14)(H,15,16). The fraction of sp³-hybridized carbons (Fsp3) is 0.833. The monoisotopic (exact) mass is 261 g/mol. The number of carbonyl (C=O) groups excluding carboxylic acids is 1. The molecule has 1 atom stereocenters. The molecule has 0 aromatic rings. The van der Waals surface area contributed by atoms with Crippen molar-refractivity contribution in [3.05, 3.63) is 0 Å². The molecule has 0 aromatic carbocycles. The Bertz CT molecular complexity index is 234. The van der Waals surface area contributed by atoms with Gasteiger partial charge in [0.2, 0.25) is 5.91 Å². The van der Waals surface area contributed by atoms with Crippen LogP contribution >= 0.6 is 11.8 Å². The predicted octanol–water partition coefficient (Wildman–Crippen LogP) is 2.14. The van der Waals surface area contributed by atoms with Gasteiger partial charge in [0.15, 0.2) is 0 Å². The van der Waals surface area contributed by atoms with Gasteiger partial charge in [0.25, 0.3) is 0 Å². The summed E-state index contributed by atoms with van der Waals surface area (Å²) in [5.74, 6) is 1.15. The number of unbranched alkanes of at least 4 members (excludes halogenated alkanes) is 1. The van der Waals surface area contributed by atoms with Crippen LogP contribution in [-0.2, 0) is 9.59 Å². The summed E-state index contributed by atoms with van der Waals surface area (Å²) in [6, 6.07) is 0. The molecule has 0 bridgehead atoms. The highest BCUT2D eigenvalue weighted by molar-refractivity contribution is 7.99. The molecule has 2 N–H and O–H groups in total. The lowest BCUT2D eigenvalue weighted by molar-refractivity contribution is -0.138. The van der Waals surface area contributed by atoms with Crippen LogP contribution < -0.4 is 5.32 Å². The Morgan fingerprint density at radius 1 is 1.35 bits per heavy atom. The Hall–Kier alpha value is -0.710. The van der Waals surface area contributed by atoms with E-state index in [0.29, 0.717) is 13.0 Å². The van der Waals surface area contributed by atoms with Crippen LogP contribution in [-0.4, -0.2) is 35.0 Å². The number of thioether (sulfide) groups is 1. The summed E-state index contributed by atoms with van der Waals surface area (Å²) >= 11 is 1.80. The van der Waals surface area contributed by atoms with Crippen LogP contribution in [0.15, 0.2) is 0 Å². The summed E-state index contributed by atoms with van der Waals surface area (Å²) in [6.07, 6.45) is 3.01.